The first kappa shape index (κ1) is 21.8. The summed E-state index contributed by atoms with van der Waals surface area (Å²) in [7, 11) is -4.57. The van der Waals surface area contributed by atoms with Gasteiger partial charge in [0.2, 0.25) is 0 Å². The SMILES string of the molecule is N#Cc1c(-c2ccco2)cc(-c2ccc(S(=O)(=O)NOC(=O)C(F)(F)F)cc2)nc1N. The number of hydrogen-bond acceptors (Lipinski definition) is 8. The van der Waals surface area contributed by atoms with Crippen LogP contribution in [-0.4, -0.2) is 25.5 Å². The van der Waals surface area contributed by atoms with Crippen LogP contribution in [0.15, 0.2) is 58.0 Å². The van der Waals surface area contributed by atoms with E-state index in [4.69, 9.17) is 10.2 Å². The number of hydrogen-bond donors (Lipinski definition) is 2. The summed E-state index contributed by atoms with van der Waals surface area (Å²) < 4.78 is 65.7. The van der Waals surface area contributed by atoms with E-state index in [2.05, 4.69) is 9.82 Å². The van der Waals surface area contributed by atoms with Crippen LogP contribution >= 0.6 is 0 Å². The molecule has 9 nitrogen and oxygen atoms in total. The normalized spacial score (nSPS) is 11.7. The van der Waals surface area contributed by atoms with Gasteiger partial charge in [-0.3, -0.25) is 0 Å². The first-order chi connectivity index (χ1) is 14.5. The number of sulfonamides is 1. The maximum Gasteiger partial charge on any atom is 0.492 e. The fourth-order valence-corrected chi connectivity index (χ4v) is 3.24. The second-order valence-electron chi connectivity index (χ2n) is 5.90. The van der Waals surface area contributed by atoms with E-state index in [0.717, 1.165) is 17.0 Å². The summed E-state index contributed by atoms with van der Waals surface area (Å²) in [6.07, 6.45) is -3.95. The molecular weight excluding hydrogens is 441 g/mol. The van der Waals surface area contributed by atoms with Crippen LogP contribution in [0.1, 0.15) is 5.56 Å². The smallest absolute Gasteiger partial charge is 0.464 e. The molecule has 31 heavy (non-hydrogen) atoms. The number of carbonyl (C=O) groups is 1. The molecule has 0 bridgehead atoms. The number of nitrogen functional groups attached to an aromatic ring is 1. The average molecular weight is 452 g/mol. The van der Waals surface area contributed by atoms with Crippen molar-refractivity contribution in [2.45, 2.75) is 11.1 Å². The van der Waals surface area contributed by atoms with Gasteiger partial charge in [0, 0.05) is 11.1 Å². The number of nitrogens with two attached hydrogens (primary N) is 1. The Labute approximate surface area is 172 Å². The molecular formula is C18H11F3N4O5S. The van der Waals surface area contributed by atoms with Gasteiger partial charge in [-0.25, -0.2) is 18.2 Å². The van der Waals surface area contributed by atoms with E-state index >= 15 is 0 Å². The molecule has 0 aliphatic rings. The summed E-state index contributed by atoms with van der Waals surface area (Å²) >= 11 is 0. The lowest BCUT2D eigenvalue weighted by atomic mass is 10.0. The topological polar surface area (TPSA) is 148 Å². The molecule has 3 N–H and O–H groups in total. The van der Waals surface area contributed by atoms with Crippen molar-refractivity contribution < 1.29 is 35.6 Å². The largest absolute Gasteiger partial charge is 0.492 e. The Balaban J connectivity index is 1.90. The first-order valence-corrected chi connectivity index (χ1v) is 9.66. The predicted octanol–water partition coefficient (Wildman–Crippen LogP) is 2.76. The Morgan fingerprint density at radius 3 is 2.45 bits per heavy atom. The fraction of sp³-hybridized carbons (Fsp3) is 0.0556. The van der Waals surface area contributed by atoms with Gasteiger partial charge in [0.25, 0.3) is 10.0 Å². The van der Waals surface area contributed by atoms with E-state index in [-0.39, 0.29) is 17.1 Å². The molecule has 3 aromatic rings. The van der Waals surface area contributed by atoms with Crippen LogP contribution in [0.2, 0.25) is 0 Å². The summed E-state index contributed by atoms with van der Waals surface area (Å²) in [6.45, 7) is 0. The fourth-order valence-electron chi connectivity index (χ4n) is 2.46. The summed E-state index contributed by atoms with van der Waals surface area (Å²) in [5, 5.41) is 9.33. The Hall–Kier alpha value is -3.89. The molecule has 1 aromatic carbocycles. The van der Waals surface area contributed by atoms with Crippen LogP contribution in [0, 0.1) is 11.3 Å². The molecule has 0 atom stereocenters. The third kappa shape index (κ3) is 4.65. The van der Waals surface area contributed by atoms with Gasteiger partial charge in [0.05, 0.1) is 16.9 Å². The number of benzene rings is 1. The minimum absolute atomic E-state index is 0.0798. The van der Waals surface area contributed by atoms with Gasteiger partial charge in [-0.2, -0.15) is 18.4 Å². The van der Waals surface area contributed by atoms with Gasteiger partial charge in [-0.1, -0.05) is 12.1 Å². The molecule has 2 aromatic heterocycles. The molecule has 0 amide bonds. The molecule has 0 fully saturated rings. The number of carbonyl (C=O) groups excluding carboxylic acids is 1. The van der Waals surface area contributed by atoms with Crippen molar-refractivity contribution in [1.82, 2.24) is 9.87 Å². The molecule has 0 spiro atoms. The van der Waals surface area contributed by atoms with Gasteiger partial charge in [-0.05, 0) is 35.2 Å². The van der Waals surface area contributed by atoms with Gasteiger partial charge >= 0.3 is 12.1 Å². The van der Waals surface area contributed by atoms with Crippen molar-refractivity contribution in [3.05, 3.63) is 54.3 Å². The average Bonchev–Trinajstić information content (AvgIpc) is 3.25. The van der Waals surface area contributed by atoms with Crippen molar-refractivity contribution in [2.75, 3.05) is 5.73 Å². The highest BCUT2D eigenvalue weighted by Gasteiger charge is 2.42. The standard InChI is InChI=1S/C18H11F3N4O5S/c19-18(20,21)17(26)30-25-31(27,28)11-5-3-10(4-6-11)14-8-12(15-2-1-7-29-15)13(9-22)16(23)24-14/h1-8,25H,(H2,23,24). The zero-order valence-corrected chi connectivity index (χ0v) is 16.0. The van der Waals surface area contributed by atoms with E-state index in [1.54, 1.807) is 12.1 Å². The van der Waals surface area contributed by atoms with Crippen LogP contribution < -0.4 is 10.6 Å². The molecule has 160 valence electrons. The quantitative estimate of drug-likeness (QED) is 0.562. The van der Waals surface area contributed by atoms with Crippen molar-refractivity contribution in [3.8, 4) is 28.7 Å². The lowest BCUT2D eigenvalue weighted by Crippen LogP contribution is -2.34. The van der Waals surface area contributed by atoms with Crippen molar-refractivity contribution in [2.24, 2.45) is 0 Å². The second-order valence-corrected chi connectivity index (χ2v) is 7.55. The monoisotopic (exact) mass is 452 g/mol. The maximum atomic E-state index is 12.1. The van der Waals surface area contributed by atoms with Crippen LogP contribution in [-0.2, 0) is 19.7 Å². The van der Waals surface area contributed by atoms with Crippen molar-refractivity contribution >= 4 is 21.8 Å². The Morgan fingerprint density at radius 2 is 1.90 bits per heavy atom. The summed E-state index contributed by atoms with van der Waals surface area (Å²) in [6, 6.07) is 11.4. The zero-order valence-electron chi connectivity index (χ0n) is 15.2. The maximum absolute atomic E-state index is 12.1. The van der Waals surface area contributed by atoms with Gasteiger partial charge in [-0.15, -0.1) is 0 Å². The summed E-state index contributed by atoms with van der Waals surface area (Å²) in [5.74, 6) is -2.43. The molecule has 13 heteroatoms. The number of nitrogens with zero attached hydrogens (tertiary/aromatic N) is 2. The van der Waals surface area contributed by atoms with Gasteiger partial charge < -0.3 is 15.0 Å². The first-order valence-electron chi connectivity index (χ1n) is 8.17. The number of nitriles is 1. The van der Waals surface area contributed by atoms with Crippen LogP contribution in [0.3, 0.4) is 0 Å². The second kappa shape index (κ2) is 8.09. The summed E-state index contributed by atoms with van der Waals surface area (Å²) in [5.41, 5.74) is 6.98. The lowest BCUT2D eigenvalue weighted by molar-refractivity contribution is -0.203. The number of pyridine rings is 1. The number of anilines is 1. The molecule has 2 heterocycles. The number of nitrogens with one attached hydrogen (secondary N) is 1. The lowest BCUT2D eigenvalue weighted by Gasteiger charge is -2.10. The van der Waals surface area contributed by atoms with Crippen molar-refractivity contribution in [1.29, 1.82) is 5.26 Å². The molecule has 0 aliphatic carbocycles. The number of alkyl halides is 3. The minimum Gasteiger partial charge on any atom is -0.464 e. The van der Waals surface area contributed by atoms with Crippen LogP contribution in [0.5, 0.6) is 0 Å². The molecule has 0 saturated carbocycles. The predicted molar refractivity (Wildman–Crippen MR) is 99.0 cm³/mol. The van der Waals surface area contributed by atoms with E-state index < -0.39 is 27.1 Å². The number of aromatic nitrogens is 1. The number of rotatable bonds is 5. The van der Waals surface area contributed by atoms with E-state index in [1.807, 2.05) is 6.07 Å². The highest BCUT2D eigenvalue weighted by Crippen LogP contribution is 2.31. The number of halogens is 3. The molecule has 0 unspecified atom stereocenters. The molecule has 0 aliphatic heterocycles. The van der Waals surface area contributed by atoms with Crippen LogP contribution in [0.25, 0.3) is 22.6 Å². The van der Waals surface area contributed by atoms with E-state index in [1.165, 1.54) is 24.5 Å². The van der Waals surface area contributed by atoms with E-state index in [9.17, 15) is 31.6 Å². The third-order valence-corrected chi connectivity index (χ3v) is 5.08. The number of furan rings is 1. The Morgan fingerprint density at radius 1 is 1.23 bits per heavy atom. The van der Waals surface area contributed by atoms with Gasteiger partial charge in [0.15, 0.2) is 0 Å². The van der Waals surface area contributed by atoms with Gasteiger partial charge in [0.1, 0.15) is 23.2 Å². The van der Waals surface area contributed by atoms with Crippen LogP contribution in [0.4, 0.5) is 19.0 Å². The Bertz CT molecular complexity index is 1270. The Kier molecular flexibility index (Phi) is 5.69. The van der Waals surface area contributed by atoms with E-state index in [0.29, 0.717) is 16.9 Å². The summed E-state index contributed by atoms with van der Waals surface area (Å²) in [4.78, 5) is 19.0. The van der Waals surface area contributed by atoms with Crippen molar-refractivity contribution in [3.63, 3.8) is 0 Å². The molecule has 0 radical (unpaired) electrons. The minimum atomic E-state index is -5.36. The highest BCUT2D eigenvalue weighted by atomic mass is 32.2. The molecule has 0 saturated heterocycles. The zero-order chi connectivity index (χ0) is 22.8. The molecule has 3 rings (SSSR count). The third-order valence-electron chi connectivity index (χ3n) is 3.88. The highest BCUT2D eigenvalue weighted by molar-refractivity contribution is 7.89.